The van der Waals surface area contributed by atoms with Crippen LogP contribution in [0.1, 0.15) is 24.8 Å². The zero-order valence-corrected chi connectivity index (χ0v) is 11.7. The standard InChI is InChI=1S/C14H17N5O2/c1-10(11-5-3-2-4-6-11)7-8-16-13-12(19(20)21)9-17-14(15)18-13/h2-6,9-10H,7-8H2,1H3,(H3,15,16,17,18). The molecule has 2 aromatic rings. The summed E-state index contributed by atoms with van der Waals surface area (Å²) in [4.78, 5) is 17.9. The van der Waals surface area contributed by atoms with Gasteiger partial charge in [0, 0.05) is 6.54 Å². The molecule has 21 heavy (non-hydrogen) atoms. The highest BCUT2D eigenvalue weighted by molar-refractivity contribution is 5.56. The maximum Gasteiger partial charge on any atom is 0.329 e. The van der Waals surface area contributed by atoms with Gasteiger partial charge in [-0.25, -0.2) is 4.98 Å². The van der Waals surface area contributed by atoms with Crippen molar-refractivity contribution in [2.75, 3.05) is 17.6 Å². The van der Waals surface area contributed by atoms with Crippen LogP contribution in [0.25, 0.3) is 0 Å². The summed E-state index contributed by atoms with van der Waals surface area (Å²) in [7, 11) is 0. The molecule has 0 spiro atoms. The van der Waals surface area contributed by atoms with Gasteiger partial charge in [-0.1, -0.05) is 37.3 Å². The Hall–Kier alpha value is -2.70. The second-order valence-electron chi connectivity index (χ2n) is 4.75. The van der Waals surface area contributed by atoms with Gasteiger partial charge in [0.1, 0.15) is 6.20 Å². The fourth-order valence-electron chi connectivity index (χ4n) is 2.01. The maximum absolute atomic E-state index is 10.9. The largest absolute Gasteiger partial charge is 0.368 e. The van der Waals surface area contributed by atoms with Crippen LogP contribution in [0.2, 0.25) is 0 Å². The lowest BCUT2D eigenvalue weighted by Gasteiger charge is -2.12. The molecule has 1 unspecified atom stereocenters. The highest BCUT2D eigenvalue weighted by atomic mass is 16.6. The maximum atomic E-state index is 10.9. The minimum atomic E-state index is -0.525. The first-order valence-corrected chi connectivity index (χ1v) is 6.63. The van der Waals surface area contributed by atoms with Gasteiger partial charge < -0.3 is 11.1 Å². The third-order valence-corrected chi connectivity index (χ3v) is 3.22. The summed E-state index contributed by atoms with van der Waals surface area (Å²) in [5.74, 6) is 0.518. The molecule has 0 aliphatic rings. The summed E-state index contributed by atoms with van der Waals surface area (Å²) in [6.45, 7) is 2.67. The second kappa shape index (κ2) is 6.65. The van der Waals surface area contributed by atoms with Crippen LogP contribution in [-0.4, -0.2) is 21.4 Å². The molecule has 110 valence electrons. The number of rotatable bonds is 6. The number of nitro groups is 1. The van der Waals surface area contributed by atoms with Gasteiger partial charge in [-0.2, -0.15) is 4.98 Å². The van der Waals surface area contributed by atoms with Crippen molar-refractivity contribution in [3.05, 3.63) is 52.2 Å². The SMILES string of the molecule is CC(CCNc1nc(N)ncc1[N+](=O)[O-])c1ccccc1. The molecule has 7 nitrogen and oxygen atoms in total. The van der Waals surface area contributed by atoms with E-state index in [4.69, 9.17) is 5.73 Å². The Bertz CT molecular complexity index is 618. The Morgan fingerprint density at radius 1 is 1.38 bits per heavy atom. The summed E-state index contributed by atoms with van der Waals surface area (Å²) in [6.07, 6.45) is 1.94. The van der Waals surface area contributed by atoms with Crippen molar-refractivity contribution < 1.29 is 4.92 Å². The Morgan fingerprint density at radius 3 is 2.76 bits per heavy atom. The molecule has 0 bridgehead atoms. The molecule has 0 amide bonds. The third-order valence-electron chi connectivity index (χ3n) is 3.22. The summed E-state index contributed by atoms with van der Waals surface area (Å²) >= 11 is 0. The van der Waals surface area contributed by atoms with Crippen molar-refractivity contribution in [3.63, 3.8) is 0 Å². The van der Waals surface area contributed by atoms with Gasteiger partial charge in [0.15, 0.2) is 0 Å². The minimum absolute atomic E-state index is 0.0132. The molecule has 0 saturated carbocycles. The highest BCUT2D eigenvalue weighted by Crippen LogP contribution is 2.23. The number of hydrogen-bond donors (Lipinski definition) is 2. The van der Waals surface area contributed by atoms with Crippen molar-refractivity contribution in [2.45, 2.75) is 19.3 Å². The molecule has 0 saturated heterocycles. The highest BCUT2D eigenvalue weighted by Gasteiger charge is 2.16. The normalized spacial score (nSPS) is 11.9. The molecular weight excluding hydrogens is 270 g/mol. The van der Waals surface area contributed by atoms with Gasteiger partial charge in [-0.05, 0) is 17.9 Å². The van der Waals surface area contributed by atoms with Crippen molar-refractivity contribution in [2.24, 2.45) is 0 Å². The lowest BCUT2D eigenvalue weighted by Crippen LogP contribution is -2.10. The Balaban J connectivity index is 1.97. The molecule has 1 atom stereocenters. The number of nitrogens with two attached hydrogens (primary N) is 1. The lowest BCUT2D eigenvalue weighted by atomic mass is 9.98. The van der Waals surface area contributed by atoms with E-state index in [1.54, 1.807) is 0 Å². The summed E-state index contributed by atoms with van der Waals surface area (Å²) in [5.41, 5.74) is 6.53. The van der Waals surface area contributed by atoms with E-state index in [0.717, 1.165) is 12.6 Å². The number of benzene rings is 1. The topological polar surface area (TPSA) is 107 Å². The van der Waals surface area contributed by atoms with E-state index >= 15 is 0 Å². The van der Waals surface area contributed by atoms with E-state index in [9.17, 15) is 10.1 Å². The molecular formula is C14H17N5O2. The number of nitrogen functional groups attached to an aromatic ring is 1. The van der Waals surface area contributed by atoms with Crippen molar-refractivity contribution in [1.82, 2.24) is 9.97 Å². The van der Waals surface area contributed by atoms with Gasteiger partial charge in [-0.3, -0.25) is 10.1 Å². The van der Waals surface area contributed by atoms with Crippen LogP contribution >= 0.6 is 0 Å². The van der Waals surface area contributed by atoms with Crippen LogP contribution in [0.4, 0.5) is 17.5 Å². The quantitative estimate of drug-likeness (QED) is 0.624. The molecule has 0 radical (unpaired) electrons. The monoisotopic (exact) mass is 287 g/mol. The average Bonchev–Trinajstić information content (AvgIpc) is 2.48. The zero-order chi connectivity index (χ0) is 15.2. The van der Waals surface area contributed by atoms with Gasteiger partial charge >= 0.3 is 5.69 Å². The molecule has 1 aromatic heterocycles. The molecule has 1 aromatic carbocycles. The van der Waals surface area contributed by atoms with Crippen LogP contribution in [-0.2, 0) is 0 Å². The fraction of sp³-hybridized carbons (Fsp3) is 0.286. The molecule has 0 fully saturated rings. The number of anilines is 2. The molecule has 2 rings (SSSR count). The molecule has 0 aliphatic heterocycles. The third kappa shape index (κ3) is 3.88. The first-order valence-electron chi connectivity index (χ1n) is 6.63. The zero-order valence-electron chi connectivity index (χ0n) is 11.7. The van der Waals surface area contributed by atoms with E-state index in [-0.39, 0.29) is 17.5 Å². The molecule has 7 heteroatoms. The Labute approximate surface area is 122 Å². The molecule has 1 heterocycles. The number of hydrogen-bond acceptors (Lipinski definition) is 6. The smallest absolute Gasteiger partial charge is 0.329 e. The van der Waals surface area contributed by atoms with E-state index in [2.05, 4.69) is 34.3 Å². The van der Waals surface area contributed by atoms with Gasteiger partial charge in [0.25, 0.3) is 0 Å². The lowest BCUT2D eigenvalue weighted by molar-refractivity contribution is -0.384. The van der Waals surface area contributed by atoms with E-state index in [1.165, 1.54) is 5.56 Å². The number of nitrogens with zero attached hydrogens (tertiary/aromatic N) is 3. The first kappa shape index (κ1) is 14.7. The summed E-state index contributed by atoms with van der Waals surface area (Å²) < 4.78 is 0. The van der Waals surface area contributed by atoms with E-state index < -0.39 is 4.92 Å². The average molecular weight is 287 g/mol. The predicted octanol–water partition coefficient (Wildman–Crippen LogP) is 2.57. The Kier molecular flexibility index (Phi) is 4.65. The van der Waals surface area contributed by atoms with Crippen LogP contribution in [0.15, 0.2) is 36.5 Å². The van der Waals surface area contributed by atoms with Crippen LogP contribution < -0.4 is 11.1 Å². The van der Waals surface area contributed by atoms with Crippen molar-refractivity contribution >= 4 is 17.5 Å². The first-order chi connectivity index (χ1) is 10.1. The minimum Gasteiger partial charge on any atom is -0.368 e. The van der Waals surface area contributed by atoms with Crippen molar-refractivity contribution in [3.8, 4) is 0 Å². The van der Waals surface area contributed by atoms with Crippen LogP contribution in [0.3, 0.4) is 0 Å². The molecule has 3 N–H and O–H groups in total. The van der Waals surface area contributed by atoms with Crippen LogP contribution in [0.5, 0.6) is 0 Å². The van der Waals surface area contributed by atoms with E-state index in [1.807, 2.05) is 18.2 Å². The van der Waals surface area contributed by atoms with Gasteiger partial charge in [0.05, 0.1) is 4.92 Å². The number of aromatic nitrogens is 2. The van der Waals surface area contributed by atoms with Gasteiger partial charge in [-0.15, -0.1) is 0 Å². The van der Waals surface area contributed by atoms with Gasteiger partial charge in [0.2, 0.25) is 11.8 Å². The fourth-order valence-corrected chi connectivity index (χ4v) is 2.01. The second-order valence-corrected chi connectivity index (χ2v) is 4.75. The van der Waals surface area contributed by atoms with Crippen LogP contribution in [0, 0.1) is 10.1 Å². The Morgan fingerprint density at radius 2 is 2.10 bits per heavy atom. The summed E-state index contributed by atoms with van der Waals surface area (Å²) in [6, 6.07) is 10.1. The predicted molar refractivity (Wildman–Crippen MR) is 81.1 cm³/mol. The van der Waals surface area contributed by atoms with Crippen molar-refractivity contribution in [1.29, 1.82) is 0 Å². The summed E-state index contributed by atoms with van der Waals surface area (Å²) in [5, 5.41) is 13.9. The molecule has 0 aliphatic carbocycles. The number of nitrogens with one attached hydrogen (secondary N) is 1. The van der Waals surface area contributed by atoms with E-state index in [0.29, 0.717) is 12.5 Å².